The summed E-state index contributed by atoms with van der Waals surface area (Å²) >= 11 is 0. The largest absolute Gasteiger partial charge is 0.481 e. The summed E-state index contributed by atoms with van der Waals surface area (Å²) in [5.41, 5.74) is -0.143. The van der Waals surface area contributed by atoms with Crippen molar-refractivity contribution in [2.45, 2.75) is 31.5 Å². The van der Waals surface area contributed by atoms with Crippen LogP contribution in [-0.2, 0) is 22.1 Å². The maximum atomic E-state index is 12.6. The summed E-state index contributed by atoms with van der Waals surface area (Å²) < 4.78 is 42.5. The number of carboxylic acid groups (broad SMARTS) is 1. The highest BCUT2D eigenvalue weighted by molar-refractivity contribution is 5.72. The van der Waals surface area contributed by atoms with Crippen molar-refractivity contribution in [3.8, 4) is 0 Å². The summed E-state index contributed by atoms with van der Waals surface area (Å²) in [4.78, 5) is 24.5. The molecule has 2 rings (SSSR count). The van der Waals surface area contributed by atoms with Gasteiger partial charge in [0.15, 0.2) is 0 Å². The van der Waals surface area contributed by atoms with E-state index in [9.17, 15) is 27.9 Å². The Bertz CT molecular complexity index is 600. The lowest BCUT2D eigenvalue weighted by molar-refractivity contribution is -0.144. The zero-order valence-electron chi connectivity index (χ0n) is 13.0. The second-order valence-electron chi connectivity index (χ2n) is 5.78. The minimum absolute atomic E-state index is 0.242. The number of halogens is 3. The van der Waals surface area contributed by atoms with Gasteiger partial charge in [-0.1, -0.05) is 12.1 Å². The van der Waals surface area contributed by atoms with E-state index in [1.165, 1.54) is 24.1 Å². The molecule has 1 aliphatic rings. The molecule has 1 aromatic carbocycles. The van der Waals surface area contributed by atoms with Crippen LogP contribution in [0, 0.1) is 5.92 Å². The van der Waals surface area contributed by atoms with Crippen LogP contribution in [0.15, 0.2) is 24.3 Å². The van der Waals surface area contributed by atoms with Crippen molar-refractivity contribution in [2.75, 3.05) is 13.7 Å². The van der Waals surface area contributed by atoms with Crippen molar-refractivity contribution in [3.63, 3.8) is 0 Å². The number of aliphatic carboxylic acids is 1. The van der Waals surface area contributed by atoms with E-state index in [0.717, 1.165) is 12.1 Å². The summed E-state index contributed by atoms with van der Waals surface area (Å²) in [7, 11) is 1.24. The highest BCUT2D eigenvalue weighted by Crippen LogP contribution is 2.30. The van der Waals surface area contributed by atoms with E-state index in [1.54, 1.807) is 0 Å². The second kappa shape index (κ2) is 7.11. The van der Waals surface area contributed by atoms with Crippen molar-refractivity contribution in [3.05, 3.63) is 35.4 Å². The Balaban J connectivity index is 2.15. The van der Waals surface area contributed by atoms with Crippen LogP contribution in [-0.4, -0.2) is 41.8 Å². The highest BCUT2D eigenvalue weighted by Gasteiger charge is 2.35. The van der Waals surface area contributed by atoms with Gasteiger partial charge < -0.3 is 14.7 Å². The van der Waals surface area contributed by atoms with E-state index in [4.69, 9.17) is 4.74 Å². The van der Waals surface area contributed by atoms with Gasteiger partial charge in [-0.05, 0) is 37.0 Å². The number of hydrogen-bond acceptors (Lipinski definition) is 3. The fraction of sp³-hybridized carbons (Fsp3) is 0.500. The number of carbonyl (C=O) groups is 2. The second-order valence-corrected chi connectivity index (χ2v) is 5.78. The van der Waals surface area contributed by atoms with Crippen LogP contribution in [0.2, 0.25) is 0 Å². The molecule has 0 bridgehead atoms. The van der Waals surface area contributed by atoms with E-state index in [0.29, 0.717) is 12.0 Å². The van der Waals surface area contributed by atoms with Gasteiger partial charge in [0.1, 0.15) is 0 Å². The molecule has 0 aliphatic carbocycles. The molecule has 24 heavy (non-hydrogen) atoms. The monoisotopic (exact) mass is 345 g/mol. The first-order valence-electron chi connectivity index (χ1n) is 7.46. The number of carboxylic acids is 1. The highest BCUT2D eigenvalue weighted by atomic mass is 19.4. The van der Waals surface area contributed by atoms with Crippen LogP contribution < -0.4 is 0 Å². The van der Waals surface area contributed by atoms with E-state index in [1.807, 2.05) is 0 Å². The maximum absolute atomic E-state index is 12.6. The van der Waals surface area contributed by atoms with E-state index >= 15 is 0 Å². The van der Waals surface area contributed by atoms with Crippen molar-refractivity contribution in [1.82, 2.24) is 4.90 Å². The third kappa shape index (κ3) is 4.18. The van der Waals surface area contributed by atoms with Gasteiger partial charge >= 0.3 is 18.2 Å². The summed E-state index contributed by atoms with van der Waals surface area (Å²) in [6.07, 6.45) is -4.12. The fourth-order valence-electron chi connectivity index (χ4n) is 2.93. The van der Waals surface area contributed by atoms with Crippen LogP contribution >= 0.6 is 0 Å². The number of nitrogens with zero attached hydrogens (tertiary/aromatic N) is 1. The van der Waals surface area contributed by atoms with Crippen LogP contribution in [0.3, 0.4) is 0 Å². The van der Waals surface area contributed by atoms with Crippen LogP contribution in [0.5, 0.6) is 0 Å². The first-order valence-corrected chi connectivity index (χ1v) is 7.46. The van der Waals surface area contributed by atoms with Gasteiger partial charge in [0.2, 0.25) is 0 Å². The minimum atomic E-state index is -4.41. The van der Waals surface area contributed by atoms with Crippen molar-refractivity contribution in [2.24, 2.45) is 5.92 Å². The van der Waals surface area contributed by atoms with Gasteiger partial charge in [0.05, 0.1) is 18.6 Å². The number of alkyl halides is 3. The van der Waals surface area contributed by atoms with Gasteiger partial charge in [-0.25, -0.2) is 4.79 Å². The summed E-state index contributed by atoms with van der Waals surface area (Å²) in [6.45, 7) is 0.245. The van der Waals surface area contributed by atoms with Gasteiger partial charge in [-0.3, -0.25) is 4.79 Å². The number of ether oxygens (including phenoxy) is 1. The molecule has 1 saturated heterocycles. The van der Waals surface area contributed by atoms with E-state index in [-0.39, 0.29) is 19.4 Å². The van der Waals surface area contributed by atoms with Crippen molar-refractivity contribution < 1.29 is 32.6 Å². The lowest BCUT2D eigenvalue weighted by atomic mass is 9.87. The summed E-state index contributed by atoms with van der Waals surface area (Å²) in [5, 5.41) is 9.17. The normalized spacial score (nSPS) is 21.4. The molecule has 0 spiro atoms. The molecule has 0 unspecified atom stereocenters. The topological polar surface area (TPSA) is 66.8 Å². The SMILES string of the molecule is COC(=O)N1CC[C@@H](C(=O)O)C[C@H]1Cc1ccc(C(F)(F)F)cc1. The molecule has 0 radical (unpaired) electrons. The predicted molar refractivity (Wildman–Crippen MR) is 78.4 cm³/mol. The van der Waals surface area contributed by atoms with Crippen LogP contribution in [0.25, 0.3) is 0 Å². The first-order chi connectivity index (χ1) is 11.2. The van der Waals surface area contributed by atoms with Gasteiger partial charge in [-0.15, -0.1) is 0 Å². The molecule has 1 N–H and O–H groups in total. The number of likely N-dealkylation sites (tertiary alicyclic amines) is 1. The van der Waals surface area contributed by atoms with Crippen molar-refractivity contribution >= 4 is 12.1 Å². The lowest BCUT2D eigenvalue weighted by Crippen LogP contribution is -2.48. The number of piperidine rings is 1. The molecule has 0 saturated carbocycles. The average Bonchev–Trinajstić information content (AvgIpc) is 2.53. The smallest absolute Gasteiger partial charge is 0.416 e. The zero-order valence-corrected chi connectivity index (χ0v) is 13.0. The molecular formula is C16H18F3NO4. The Hall–Kier alpha value is -2.25. The van der Waals surface area contributed by atoms with Crippen molar-refractivity contribution in [1.29, 1.82) is 0 Å². The van der Waals surface area contributed by atoms with Crippen LogP contribution in [0.1, 0.15) is 24.0 Å². The molecule has 1 fully saturated rings. The molecule has 1 aromatic rings. The lowest BCUT2D eigenvalue weighted by Gasteiger charge is -2.37. The molecule has 0 aromatic heterocycles. The predicted octanol–water partition coefficient (Wildman–Crippen LogP) is 3.18. The number of hydrogen-bond donors (Lipinski definition) is 1. The number of amides is 1. The third-order valence-electron chi connectivity index (χ3n) is 4.23. The molecule has 8 heteroatoms. The molecule has 132 valence electrons. The molecule has 5 nitrogen and oxygen atoms in total. The standard InChI is InChI=1S/C16H18F3NO4/c1-24-15(23)20-7-6-11(14(21)22)9-13(20)8-10-2-4-12(5-3-10)16(17,18)19/h2-5,11,13H,6-9H2,1H3,(H,21,22)/t11-,13-/m1/s1. The third-order valence-corrected chi connectivity index (χ3v) is 4.23. The minimum Gasteiger partial charge on any atom is -0.481 e. The summed E-state index contributed by atoms with van der Waals surface area (Å²) in [6, 6.07) is 4.24. The zero-order chi connectivity index (χ0) is 17.9. The number of benzene rings is 1. The molecule has 2 atom stereocenters. The molecular weight excluding hydrogens is 327 g/mol. The number of rotatable bonds is 3. The first kappa shape index (κ1) is 18.1. The average molecular weight is 345 g/mol. The van der Waals surface area contributed by atoms with Gasteiger partial charge in [0.25, 0.3) is 0 Å². The quantitative estimate of drug-likeness (QED) is 0.914. The Labute approximate surface area is 137 Å². The number of methoxy groups -OCH3 is 1. The Morgan fingerprint density at radius 3 is 2.42 bits per heavy atom. The Morgan fingerprint density at radius 1 is 1.29 bits per heavy atom. The van der Waals surface area contributed by atoms with Gasteiger partial charge in [0, 0.05) is 12.6 Å². The number of carbonyl (C=O) groups excluding carboxylic acids is 1. The molecule has 1 heterocycles. The van der Waals surface area contributed by atoms with Gasteiger partial charge in [-0.2, -0.15) is 13.2 Å². The van der Waals surface area contributed by atoms with Crippen LogP contribution in [0.4, 0.5) is 18.0 Å². The Morgan fingerprint density at radius 2 is 1.92 bits per heavy atom. The van der Waals surface area contributed by atoms with E-state index < -0.39 is 35.8 Å². The Kier molecular flexibility index (Phi) is 5.36. The fourth-order valence-corrected chi connectivity index (χ4v) is 2.93. The van der Waals surface area contributed by atoms with E-state index in [2.05, 4.69) is 0 Å². The maximum Gasteiger partial charge on any atom is 0.416 e. The molecule has 1 amide bonds. The summed E-state index contributed by atoms with van der Waals surface area (Å²) in [5.74, 6) is -1.51. The molecule has 1 aliphatic heterocycles.